The Balaban J connectivity index is 1.95. The summed E-state index contributed by atoms with van der Waals surface area (Å²) in [6.07, 6.45) is 0. The van der Waals surface area contributed by atoms with Crippen molar-refractivity contribution in [2.24, 2.45) is 0 Å². The molecule has 8 heteroatoms. The van der Waals surface area contributed by atoms with Crippen LogP contribution in [0.4, 0.5) is 0 Å². The van der Waals surface area contributed by atoms with Gasteiger partial charge in [-0.25, -0.2) is 9.59 Å². The number of esters is 2. The van der Waals surface area contributed by atoms with E-state index in [0.717, 1.165) is 0 Å². The van der Waals surface area contributed by atoms with Crippen LogP contribution in [0.15, 0.2) is 59.8 Å². The van der Waals surface area contributed by atoms with E-state index < -0.39 is 18.0 Å². The summed E-state index contributed by atoms with van der Waals surface area (Å²) in [5, 5.41) is 6.46. The summed E-state index contributed by atoms with van der Waals surface area (Å²) in [6, 6.07) is 13.3. The zero-order valence-electron chi connectivity index (χ0n) is 17.6. The van der Waals surface area contributed by atoms with E-state index >= 15 is 0 Å². The summed E-state index contributed by atoms with van der Waals surface area (Å²) in [5.41, 5.74) is 2.19. The Labute approximate surface area is 186 Å². The van der Waals surface area contributed by atoms with Crippen LogP contribution < -0.4 is 20.1 Å². The van der Waals surface area contributed by atoms with Crippen LogP contribution >= 0.6 is 12.2 Å². The molecule has 0 unspecified atom stereocenters. The van der Waals surface area contributed by atoms with Gasteiger partial charge >= 0.3 is 11.9 Å². The van der Waals surface area contributed by atoms with Gasteiger partial charge in [-0.3, -0.25) is 0 Å². The summed E-state index contributed by atoms with van der Waals surface area (Å²) in [6.45, 7) is 5.98. The molecule has 2 N–H and O–H groups in total. The van der Waals surface area contributed by atoms with Crippen LogP contribution in [-0.4, -0.2) is 30.3 Å². The number of rotatable bonds is 7. The third-order valence-corrected chi connectivity index (χ3v) is 4.80. The molecule has 0 aromatic heterocycles. The van der Waals surface area contributed by atoms with Gasteiger partial charge in [-0.05, 0) is 62.8 Å². The Hall–Kier alpha value is -3.39. The molecule has 0 aliphatic carbocycles. The van der Waals surface area contributed by atoms with Gasteiger partial charge in [-0.1, -0.05) is 24.3 Å². The summed E-state index contributed by atoms with van der Waals surface area (Å²) in [7, 11) is 0. The number of hydrogen-bond donors (Lipinski definition) is 2. The van der Waals surface area contributed by atoms with Gasteiger partial charge in [0.25, 0.3) is 0 Å². The van der Waals surface area contributed by atoms with E-state index in [1.807, 2.05) is 13.0 Å². The lowest BCUT2D eigenvalue weighted by Gasteiger charge is -2.30. The van der Waals surface area contributed by atoms with Crippen LogP contribution in [0.2, 0.25) is 0 Å². The first-order valence-corrected chi connectivity index (χ1v) is 10.3. The number of carbonyl (C=O) groups is 2. The van der Waals surface area contributed by atoms with Crippen LogP contribution in [-0.2, 0) is 9.53 Å². The lowest BCUT2D eigenvalue weighted by atomic mass is 9.95. The van der Waals surface area contributed by atoms with Crippen molar-refractivity contribution in [3.05, 3.63) is 70.9 Å². The van der Waals surface area contributed by atoms with Gasteiger partial charge in [-0.15, -0.1) is 0 Å². The lowest BCUT2D eigenvalue weighted by Crippen LogP contribution is -2.45. The molecule has 1 aliphatic heterocycles. The summed E-state index contributed by atoms with van der Waals surface area (Å²) >= 11 is 5.28. The van der Waals surface area contributed by atoms with E-state index in [9.17, 15) is 9.59 Å². The van der Waals surface area contributed by atoms with Crippen molar-refractivity contribution < 1.29 is 23.8 Å². The SMILES string of the molecule is CCOC(=O)C1=C(C)NC(=S)N[C@@H]1c1ccc(OC(=O)c2ccccc2)c(OCC)c1. The molecule has 0 spiro atoms. The van der Waals surface area contributed by atoms with Crippen LogP contribution in [0.3, 0.4) is 0 Å². The molecule has 0 fully saturated rings. The van der Waals surface area contributed by atoms with Gasteiger partial charge in [0.05, 0.1) is 30.4 Å². The minimum Gasteiger partial charge on any atom is -0.490 e. The fourth-order valence-corrected chi connectivity index (χ4v) is 3.48. The van der Waals surface area contributed by atoms with Crippen LogP contribution in [0.1, 0.15) is 42.7 Å². The summed E-state index contributed by atoms with van der Waals surface area (Å²) in [4.78, 5) is 25.0. The molecule has 0 saturated carbocycles. The Bertz CT molecular complexity index is 1020. The van der Waals surface area contributed by atoms with Gasteiger partial charge in [0, 0.05) is 5.70 Å². The normalized spacial score (nSPS) is 15.6. The highest BCUT2D eigenvalue weighted by atomic mass is 32.1. The predicted molar refractivity (Wildman–Crippen MR) is 120 cm³/mol. The third kappa shape index (κ3) is 5.21. The molecule has 162 valence electrons. The molecule has 1 aliphatic rings. The van der Waals surface area contributed by atoms with Crippen molar-refractivity contribution in [3.8, 4) is 11.5 Å². The number of allylic oxidation sites excluding steroid dienone is 1. The topological polar surface area (TPSA) is 85.9 Å². The summed E-state index contributed by atoms with van der Waals surface area (Å²) in [5.74, 6) is -0.255. The number of thiocarbonyl (C=S) groups is 1. The van der Waals surface area contributed by atoms with E-state index in [1.165, 1.54) is 0 Å². The smallest absolute Gasteiger partial charge is 0.343 e. The fraction of sp³-hybridized carbons (Fsp3) is 0.261. The molecule has 2 aromatic carbocycles. The minimum absolute atomic E-state index is 0.255. The van der Waals surface area contributed by atoms with E-state index in [2.05, 4.69) is 10.6 Å². The molecule has 0 saturated heterocycles. The number of ether oxygens (including phenoxy) is 3. The molecular weight excluding hydrogens is 416 g/mol. The molecule has 0 amide bonds. The third-order valence-electron chi connectivity index (χ3n) is 4.58. The largest absolute Gasteiger partial charge is 0.490 e. The molecule has 0 bridgehead atoms. The van der Waals surface area contributed by atoms with Crippen molar-refractivity contribution in [3.63, 3.8) is 0 Å². The minimum atomic E-state index is -0.536. The van der Waals surface area contributed by atoms with Gasteiger partial charge in [0.2, 0.25) is 0 Å². The number of hydrogen-bond acceptors (Lipinski definition) is 6. The van der Waals surface area contributed by atoms with E-state index in [4.69, 9.17) is 26.4 Å². The Morgan fingerprint density at radius 2 is 1.74 bits per heavy atom. The maximum Gasteiger partial charge on any atom is 0.343 e. The zero-order valence-corrected chi connectivity index (χ0v) is 18.4. The highest BCUT2D eigenvalue weighted by Gasteiger charge is 2.31. The fourth-order valence-electron chi connectivity index (χ4n) is 3.21. The second kappa shape index (κ2) is 10.1. The van der Waals surface area contributed by atoms with Crippen molar-refractivity contribution in [2.45, 2.75) is 26.8 Å². The summed E-state index contributed by atoms with van der Waals surface area (Å²) < 4.78 is 16.5. The molecule has 3 rings (SSSR count). The highest BCUT2D eigenvalue weighted by molar-refractivity contribution is 7.80. The first-order valence-electron chi connectivity index (χ1n) is 9.94. The molecule has 31 heavy (non-hydrogen) atoms. The standard InChI is InChI=1S/C23H24N2O5S/c1-4-28-18-13-16(11-12-17(18)30-21(26)15-9-7-6-8-10-15)20-19(22(27)29-5-2)14(3)24-23(31)25-20/h6-13,20H,4-5H2,1-3H3,(H2,24,25,31)/t20-/m1/s1. The molecular formula is C23H24N2O5S. The number of carbonyl (C=O) groups excluding carboxylic acids is 2. The van der Waals surface area contributed by atoms with Crippen LogP contribution in [0.5, 0.6) is 11.5 Å². The van der Waals surface area contributed by atoms with E-state index in [-0.39, 0.29) is 12.4 Å². The van der Waals surface area contributed by atoms with E-state index in [0.29, 0.717) is 39.9 Å². The van der Waals surface area contributed by atoms with Gasteiger partial charge in [0.15, 0.2) is 16.6 Å². The Kier molecular flexibility index (Phi) is 7.25. The van der Waals surface area contributed by atoms with E-state index in [1.54, 1.807) is 56.3 Å². The first-order chi connectivity index (χ1) is 14.9. The highest BCUT2D eigenvalue weighted by Crippen LogP contribution is 2.35. The molecule has 1 heterocycles. The lowest BCUT2D eigenvalue weighted by molar-refractivity contribution is -0.139. The first kappa shape index (κ1) is 22.3. The molecule has 2 aromatic rings. The monoisotopic (exact) mass is 440 g/mol. The number of benzene rings is 2. The van der Waals surface area contributed by atoms with Gasteiger partial charge in [-0.2, -0.15) is 0 Å². The maximum atomic E-state index is 12.6. The quantitative estimate of drug-likeness (QED) is 0.383. The van der Waals surface area contributed by atoms with Crippen molar-refractivity contribution in [1.29, 1.82) is 0 Å². The van der Waals surface area contributed by atoms with Crippen molar-refractivity contribution in [1.82, 2.24) is 10.6 Å². The number of nitrogens with one attached hydrogen (secondary N) is 2. The zero-order chi connectivity index (χ0) is 22.4. The Morgan fingerprint density at radius 3 is 2.42 bits per heavy atom. The molecule has 7 nitrogen and oxygen atoms in total. The van der Waals surface area contributed by atoms with Gasteiger partial charge < -0.3 is 24.8 Å². The van der Waals surface area contributed by atoms with Crippen LogP contribution in [0.25, 0.3) is 0 Å². The van der Waals surface area contributed by atoms with Crippen molar-refractivity contribution >= 4 is 29.3 Å². The van der Waals surface area contributed by atoms with Crippen molar-refractivity contribution in [2.75, 3.05) is 13.2 Å². The average Bonchev–Trinajstić information content (AvgIpc) is 2.75. The molecule has 1 atom stereocenters. The molecule has 0 radical (unpaired) electrons. The second-order valence-corrected chi connectivity index (χ2v) is 7.09. The maximum absolute atomic E-state index is 12.6. The van der Waals surface area contributed by atoms with Crippen LogP contribution in [0, 0.1) is 0 Å². The van der Waals surface area contributed by atoms with Gasteiger partial charge in [0.1, 0.15) is 0 Å². The predicted octanol–water partition coefficient (Wildman–Crippen LogP) is 3.66. The second-order valence-electron chi connectivity index (χ2n) is 6.69. The average molecular weight is 441 g/mol. The Morgan fingerprint density at radius 1 is 1.00 bits per heavy atom.